The molecule has 0 aliphatic carbocycles. The van der Waals surface area contributed by atoms with Crippen LogP contribution in [-0.4, -0.2) is 13.0 Å². The monoisotopic (exact) mass is 138 g/mol. The molecule has 0 heterocycles. The van der Waals surface area contributed by atoms with Gasteiger partial charge in [-0.15, -0.1) is 12.4 Å². The van der Waals surface area contributed by atoms with E-state index in [0.29, 0.717) is 6.42 Å². The first kappa shape index (κ1) is 10.7. The van der Waals surface area contributed by atoms with Crippen molar-refractivity contribution in [3.63, 3.8) is 0 Å². The van der Waals surface area contributed by atoms with Crippen LogP contribution in [-0.2, 0) is 4.79 Å². The van der Waals surface area contributed by atoms with Crippen LogP contribution in [0.15, 0.2) is 0 Å². The number of carbonyl (C=O) groups is 1. The van der Waals surface area contributed by atoms with Gasteiger partial charge in [0.15, 0.2) is 0 Å². The minimum Gasteiger partial charge on any atom is -0.292 e. The highest BCUT2D eigenvalue weighted by molar-refractivity contribution is 5.85. The maximum atomic E-state index is 10.2. The number of amides is 1. The number of rotatable bonds is 2. The molecule has 2 N–H and O–H groups in total. The van der Waals surface area contributed by atoms with Gasteiger partial charge in [0.1, 0.15) is 0 Å². The zero-order valence-electron chi connectivity index (χ0n) is 5.02. The average molecular weight is 139 g/mol. The van der Waals surface area contributed by atoms with E-state index in [2.05, 4.69) is 10.9 Å². The molecule has 8 heavy (non-hydrogen) atoms. The van der Waals surface area contributed by atoms with Crippen molar-refractivity contribution in [2.45, 2.75) is 13.3 Å². The molecule has 0 rings (SSSR count). The third kappa shape index (κ3) is 5.72. The Labute approximate surface area is 55.2 Å². The molecule has 0 aromatic rings. The van der Waals surface area contributed by atoms with Gasteiger partial charge >= 0.3 is 0 Å². The molecule has 0 unspecified atom stereocenters. The summed E-state index contributed by atoms with van der Waals surface area (Å²) in [6.07, 6.45) is 0.529. The Bertz CT molecular complexity index is 67.1. The summed E-state index contributed by atoms with van der Waals surface area (Å²) in [5.74, 6) is 0.0162. The van der Waals surface area contributed by atoms with Crippen LogP contribution in [0.3, 0.4) is 0 Å². The molecule has 0 radical (unpaired) electrons. The zero-order chi connectivity index (χ0) is 5.70. The van der Waals surface area contributed by atoms with E-state index in [1.807, 2.05) is 0 Å². The van der Waals surface area contributed by atoms with Crippen molar-refractivity contribution >= 4 is 18.3 Å². The SMILES string of the molecule is CCC(=O)NNC.Cl. The highest BCUT2D eigenvalue weighted by atomic mass is 35.5. The Hall–Kier alpha value is -0.280. The lowest BCUT2D eigenvalue weighted by molar-refractivity contribution is -0.121. The Balaban J connectivity index is 0. The van der Waals surface area contributed by atoms with Gasteiger partial charge in [-0.1, -0.05) is 6.92 Å². The van der Waals surface area contributed by atoms with Crippen LogP contribution in [0.25, 0.3) is 0 Å². The topological polar surface area (TPSA) is 41.1 Å². The minimum absolute atomic E-state index is 0. The van der Waals surface area contributed by atoms with Crippen LogP contribution >= 0.6 is 12.4 Å². The van der Waals surface area contributed by atoms with Crippen molar-refractivity contribution in [3.8, 4) is 0 Å². The first-order chi connectivity index (χ1) is 3.31. The fourth-order valence-corrected chi connectivity index (χ4v) is 0.228. The van der Waals surface area contributed by atoms with Crippen molar-refractivity contribution in [3.05, 3.63) is 0 Å². The number of halogens is 1. The molecule has 0 saturated heterocycles. The maximum Gasteiger partial charge on any atom is 0.233 e. The van der Waals surface area contributed by atoms with Crippen molar-refractivity contribution in [1.82, 2.24) is 10.9 Å². The second-order valence-corrected chi connectivity index (χ2v) is 1.15. The summed E-state index contributed by atoms with van der Waals surface area (Å²) in [5.41, 5.74) is 4.93. The molecule has 0 fully saturated rings. The van der Waals surface area contributed by atoms with Gasteiger partial charge in [0, 0.05) is 13.5 Å². The van der Waals surface area contributed by atoms with Gasteiger partial charge in [-0.25, -0.2) is 5.43 Å². The fourth-order valence-electron chi connectivity index (χ4n) is 0.228. The number of hydrogen-bond donors (Lipinski definition) is 2. The van der Waals surface area contributed by atoms with Crippen LogP contribution in [0.1, 0.15) is 13.3 Å². The maximum absolute atomic E-state index is 10.2. The van der Waals surface area contributed by atoms with Crippen LogP contribution in [0, 0.1) is 0 Å². The van der Waals surface area contributed by atoms with Crippen LogP contribution in [0.5, 0.6) is 0 Å². The van der Waals surface area contributed by atoms with Gasteiger partial charge < -0.3 is 0 Å². The van der Waals surface area contributed by atoms with E-state index in [-0.39, 0.29) is 18.3 Å². The van der Waals surface area contributed by atoms with E-state index in [0.717, 1.165) is 0 Å². The third-order valence-corrected chi connectivity index (χ3v) is 0.586. The van der Waals surface area contributed by atoms with E-state index in [1.54, 1.807) is 14.0 Å². The highest BCUT2D eigenvalue weighted by Crippen LogP contribution is 1.68. The molecule has 0 atom stereocenters. The lowest BCUT2D eigenvalue weighted by Gasteiger charge is -1.95. The standard InChI is InChI=1S/C4H10N2O.ClH/c1-3-4(7)6-5-2;/h5H,3H2,1-2H3,(H,6,7);1H. The Morgan fingerprint density at radius 2 is 2.12 bits per heavy atom. The lowest BCUT2D eigenvalue weighted by Crippen LogP contribution is -2.33. The first-order valence-electron chi connectivity index (χ1n) is 2.26. The predicted octanol–water partition coefficient (Wildman–Crippen LogP) is 0.0688. The second kappa shape index (κ2) is 6.72. The first-order valence-corrected chi connectivity index (χ1v) is 2.26. The summed E-state index contributed by atoms with van der Waals surface area (Å²) in [5, 5.41) is 0. The summed E-state index contributed by atoms with van der Waals surface area (Å²) >= 11 is 0. The van der Waals surface area contributed by atoms with Crippen LogP contribution < -0.4 is 10.9 Å². The summed E-state index contributed by atoms with van der Waals surface area (Å²) in [4.78, 5) is 10.2. The van der Waals surface area contributed by atoms with Gasteiger partial charge in [-0.05, 0) is 0 Å². The van der Waals surface area contributed by atoms with Gasteiger partial charge in [0.25, 0.3) is 0 Å². The van der Waals surface area contributed by atoms with E-state index in [1.165, 1.54) is 0 Å². The van der Waals surface area contributed by atoms with Gasteiger partial charge in [-0.3, -0.25) is 10.2 Å². The largest absolute Gasteiger partial charge is 0.292 e. The summed E-state index contributed by atoms with van der Waals surface area (Å²) < 4.78 is 0. The molecule has 0 aromatic carbocycles. The highest BCUT2D eigenvalue weighted by Gasteiger charge is 1.88. The minimum atomic E-state index is 0. The summed E-state index contributed by atoms with van der Waals surface area (Å²) in [6.45, 7) is 1.80. The van der Waals surface area contributed by atoms with Crippen molar-refractivity contribution in [2.24, 2.45) is 0 Å². The average Bonchev–Trinajstić information content (AvgIpc) is 1.68. The molecule has 50 valence electrons. The van der Waals surface area contributed by atoms with Crippen molar-refractivity contribution in [1.29, 1.82) is 0 Å². The molecule has 4 heteroatoms. The molecule has 3 nitrogen and oxygen atoms in total. The van der Waals surface area contributed by atoms with Crippen molar-refractivity contribution in [2.75, 3.05) is 7.05 Å². The number of hydrogen-bond acceptors (Lipinski definition) is 2. The molecule has 0 aliphatic heterocycles. The summed E-state index contributed by atoms with van der Waals surface area (Å²) in [6, 6.07) is 0. The van der Waals surface area contributed by atoms with Crippen LogP contribution in [0.4, 0.5) is 0 Å². The van der Waals surface area contributed by atoms with Gasteiger partial charge in [0.2, 0.25) is 5.91 Å². The molecule has 0 saturated carbocycles. The number of hydrazine groups is 1. The van der Waals surface area contributed by atoms with E-state index < -0.39 is 0 Å². The smallest absolute Gasteiger partial charge is 0.233 e. The molecular formula is C4H11ClN2O. The van der Waals surface area contributed by atoms with Crippen molar-refractivity contribution < 1.29 is 4.79 Å². The van der Waals surface area contributed by atoms with E-state index >= 15 is 0 Å². The molecule has 1 amide bonds. The Morgan fingerprint density at radius 3 is 2.25 bits per heavy atom. The van der Waals surface area contributed by atoms with E-state index in [4.69, 9.17) is 0 Å². The van der Waals surface area contributed by atoms with Crippen LogP contribution in [0.2, 0.25) is 0 Å². The third-order valence-electron chi connectivity index (χ3n) is 0.586. The second-order valence-electron chi connectivity index (χ2n) is 1.15. The number of carbonyl (C=O) groups excluding carboxylic acids is 1. The molecule has 0 bridgehead atoms. The zero-order valence-corrected chi connectivity index (χ0v) is 5.84. The Kier molecular flexibility index (Phi) is 8.95. The van der Waals surface area contributed by atoms with Gasteiger partial charge in [-0.2, -0.15) is 0 Å². The van der Waals surface area contributed by atoms with E-state index in [9.17, 15) is 4.79 Å². The Morgan fingerprint density at radius 1 is 1.62 bits per heavy atom. The normalized spacial score (nSPS) is 7.25. The quantitative estimate of drug-likeness (QED) is 0.531. The molecular weight excluding hydrogens is 128 g/mol. The number of nitrogens with one attached hydrogen (secondary N) is 2. The summed E-state index contributed by atoms with van der Waals surface area (Å²) in [7, 11) is 1.66. The fraction of sp³-hybridized carbons (Fsp3) is 0.750. The predicted molar refractivity (Wildman–Crippen MR) is 34.7 cm³/mol. The molecule has 0 aromatic heterocycles. The molecule has 0 spiro atoms. The van der Waals surface area contributed by atoms with Gasteiger partial charge in [0.05, 0.1) is 0 Å². The lowest BCUT2D eigenvalue weighted by atomic mass is 10.5. The molecule has 0 aliphatic rings.